The van der Waals surface area contributed by atoms with Gasteiger partial charge < -0.3 is 31.0 Å². The molecule has 0 spiro atoms. The Balaban J connectivity index is 0.000000210. The first kappa shape index (κ1) is 64.8. The molecule has 0 aliphatic heterocycles. The number of nitrogens with one attached hydrogen (secondary N) is 2. The number of fused-ring (bicyclic) bond motifs is 4. The third-order valence-electron chi connectivity index (χ3n) is 9.76. The molecule has 0 aliphatic rings. The summed E-state index contributed by atoms with van der Waals surface area (Å²) in [4.78, 5) is 121. The molecule has 81 heavy (non-hydrogen) atoms. The minimum absolute atomic E-state index is 0. The number of rotatable bonds is 7. The number of nitrogens with zero attached hydrogens (tertiary/aromatic N) is 14. The van der Waals surface area contributed by atoms with E-state index in [-0.39, 0.29) is 53.8 Å². The van der Waals surface area contributed by atoms with Gasteiger partial charge in [0.05, 0.1) is 34.8 Å². The number of halogens is 3. The molecule has 29 heteroatoms. The Hall–Kier alpha value is -8.68. The average Bonchev–Trinajstić information content (AvgIpc) is 3.44. The third-order valence-corrected chi connectivity index (χ3v) is 11.1. The van der Waals surface area contributed by atoms with Crippen LogP contribution in [0.4, 0.5) is 11.6 Å². The number of anilines is 2. The van der Waals surface area contributed by atoms with Crippen molar-refractivity contribution in [1.29, 1.82) is 0 Å². The van der Waals surface area contributed by atoms with Gasteiger partial charge in [-0.2, -0.15) is 0 Å². The molecule has 0 aromatic carbocycles. The zero-order valence-electron chi connectivity index (χ0n) is 44.3. The van der Waals surface area contributed by atoms with Crippen LogP contribution in [0.5, 0.6) is 0 Å². The second kappa shape index (κ2) is 31.8. The molecule has 25 nitrogen and oxygen atoms in total. The number of aldehydes is 2. The predicted molar refractivity (Wildman–Crippen MR) is 303 cm³/mol. The van der Waals surface area contributed by atoms with Crippen molar-refractivity contribution < 1.29 is 57.5 Å². The molecule has 0 unspecified atom stereocenters. The second-order valence-corrected chi connectivity index (χ2v) is 18.6. The Labute approximate surface area is 498 Å². The number of aromatic carboxylic acids is 1. The van der Waals surface area contributed by atoms with Crippen LogP contribution in [-0.4, -0.2) is 120 Å². The van der Waals surface area contributed by atoms with Crippen molar-refractivity contribution in [2.24, 2.45) is 0 Å². The largest absolute Gasteiger partial charge is 1.00 e. The molecular formula is C52H45Br3LiN17O8. The van der Waals surface area contributed by atoms with Crippen LogP contribution < -0.4 is 40.3 Å². The first-order valence-electron chi connectivity index (χ1n) is 23.1. The van der Waals surface area contributed by atoms with E-state index in [0.717, 1.165) is 36.6 Å². The Kier molecular flexibility index (Phi) is 25.4. The summed E-state index contributed by atoms with van der Waals surface area (Å²) >= 11 is 9.66. The number of carbonyl (C=O) groups excluding carboxylic acids is 6. The van der Waals surface area contributed by atoms with Crippen LogP contribution in [0.25, 0.3) is 44.1 Å². The number of esters is 1. The van der Waals surface area contributed by atoms with E-state index in [2.05, 4.69) is 128 Å². The number of nitrogen functional groups attached to an aromatic ring is 1. The molecule has 0 fully saturated rings. The topological polar surface area (TPSA) is 365 Å². The first-order chi connectivity index (χ1) is 38.2. The van der Waals surface area contributed by atoms with Crippen molar-refractivity contribution in [1.82, 2.24) is 75.1 Å². The SMILES string of the molecule is CC(=O)Nc1ncc(Br)cc1C=O.CCOC(=O)c1cnc2nc(C)ncc2c1.CNC(=O)c1cnc2nc(C)ncc2c1.Cc1ncc2cc(Br)cnc2n1.Cc1ncc2cc(C(=O)[O-])cnc2n1.Nc1ncc(Br)cc1C=O.[Li+]. The predicted octanol–water partition coefficient (Wildman–Crippen LogP) is 3.85. The second-order valence-electron chi connectivity index (χ2n) is 15.9. The van der Waals surface area contributed by atoms with Crippen LogP contribution in [0, 0.1) is 27.7 Å². The summed E-state index contributed by atoms with van der Waals surface area (Å²) < 4.78 is 7.28. The molecule has 0 saturated carbocycles. The fourth-order valence-corrected chi connectivity index (χ4v) is 7.13. The minimum atomic E-state index is -1.25. The zero-order valence-corrected chi connectivity index (χ0v) is 49.1. The molecule has 408 valence electrons. The molecule has 10 aromatic rings. The van der Waals surface area contributed by atoms with E-state index in [0.29, 0.717) is 85.7 Å². The minimum Gasteiger partial charge on any atom is -0.545 e. The van der Waals surface area contributed by atoms with Gasteiger partial charge in [-0.25, -0.2) is 74.6 Å². The molecule has 0 aliphatic carbocycles. The maximum absolute atomic E-state index is 11.5. The molecule has 0 radical (unpaired) electrons. The molecule has 10 heterocycles. The number of pyridine rings is 6. The van der Waals surface area contributed by atoms with Crippen molar-refractivity contribution in [3.63, 3.8) is 0 Å². The van der Waals surface area contributed by atoms with Crippen molar-refractivity contribution in [3.8, 4) is 0 Å². The van der Waals surface area contributed by atoms with Crippen LogP contribution in [0.1, 0.15) is 88.9 Å². The number of aryl methyl sites for hydroxylation is 4. The third kappa shape index (κ3) is 20.2. The van der Waals surface area contributed by atoms with Gasteiger partial charge in [0.15, 0.2) is 35.2 Å². The van der Waals surface area contributed by atoms with Gasteiger partial charge in [-0.1, -0.05) is 0 Å². The van der Waals surface area contributed by atoms with Gasteiger partial charge in [-0.15, -0.1) is 0 Å². The summed E-state index contributed by atoms with van der Waals surface area (Å²) in [6.07, 6.45) is 16.9. The fraction of sp³-hybridized carbons (Fsp3) is 0.154. The van der Waals surface area contributed by atoms with Gasteiger partial charge in [-0.05, 0) is 119 Å². The van der Waals surface area contributed by atoms with Crippen LogP contribution in [0.15, 0.2) is 112 Å². The van der Waals surface area contributed by atoms with Crippen LogP contribution >= 0.6 is 47.8 Å². The molecule has 0 atom stereocenters. The number of carboxylic acids is 1. The van der Waals surface area contributed by atoms with Gasteiger partial charge in [0, 0.05) is 116 Å². The van der Waals surface area contributed by atoms with Crippen LogP contribution in [0.3, 0.4) is 0 Å². The number of aromatic nitrogens is 14. The average molecular weight is 1280 g/mol. The smallest absolute Gasteiger partial charge is 0.545 e. The van der Waals surface area contributed by atoms with Crippen LogP contribution in [-0.2, 0) is 9.53 Å². The van der Waals surface area contributed by atoms with Gasteiger partial charge in [0.25, 0.3) is 5.91 Å². The number of hydrogen-bond acceptors (Lipinski definition) is 23. The van der Waals surface area contributed by atoms with E-state index in [1.165, 1.54) is 44.0 Å². The van der Waals surface area contributed by atoms with Crippen molar-refractivity contribution >= 4 is 140 Å². The summed E-state index contributed by atoms with van der Waals surface area (Å²) in [6, 6.07) is 10.00. The van der Waals surface area contributed by atoms with E-state index in [1.807, 2.05) is 13.0 Å². The van der Waals surface area contributed by atoms with Gasteiger partial charge in [-0.3, -0.25) is 19.2 Å². The number of carboxylic acid groups (broad SMARTS) is 1. The number of carbonyl (C=O) groups is 6. The zero-order chi connectivity index (χ0) is 58.5. The summed E-state index contributed by atoms with van der Waals surface area (Å²) in [6.45, 7) is 10.7. The molecule has 0 bridgehead atoms. The molecule has 10 aromatic heterocycles. The Morgan fingerprint density at radius 3 is 1.36 bits per heavy atom. The summed E-state index contributed by atoms with van der Waals surface area (Å²) in [5.41, 5.74) is 9.48. The maximum Gasteiger partial charge on any atom is 1.00 e. The number of amides is 2. The Morgan fingerprint density at radius 1 is 0.543 bits per heavy atom. The van der Waals surface area contributed by atoms with Gasteiger partial charge >= 0.3 is 24.8 Å². The first-order valence-corrected chi connectivity index (χ1v) is 25.5. The quantitative estimate of drug-likeness (QED) is 0.116. The maximum atomic E-state index is 11.5. The summed E-state index contributed by atoms with van der Waals surface area (Å²) in [5, 5.41) is 18.6. The Morgan fingerprint density at radius 2 is 0.926 bits per heavy atom. The van der Waals surface area contributed by atoms with Crippen molar-refractivity contribution in [2.75, 3.05) is 24.7 Å². The van der Waals surface area contributed by atoms with E-state index < -0.39 is 5.97 Å². The number of hydrogen-bond donors (Lipinski definition) is 3. The van der Waals surface area contributed by atoms with E-state index in [9.17, 15) is 33.9 Å². The van der Waals surface area contributed by atoms with Gasteiger partial charge in [0.1, 0.15) is 34.9 Å². The number of ether oxygens (including phenoxy) is 1. The van der Waals surface area contributed by atoms with E-state index in [4.69, 9.17) is 10.5 Å². The standard InChI is InChI=1S/C11H11N3O2.C10H10N4O.C9H7N3O2.C8H6BrN3.C8H7BrN2O2.C6H5BrN2O.Li/c1-3-16-11(15)9-4-8-5-12-7(2)14-10(8)13-6-9;1-6-12-4-7-3-8(10(15)11-2)5-13-9(7)14-6;1-5-10-3-6-2-7(9(13)14)4-11-8(6)12-5;1-5-10-3-6-2-7(9)4-11-8(6)12-5;1-5(13)11-8-6(4-12)2-7(9)3-10-8;7-5-1-4(3-10)6(8)9-2-5;/h4-6H,3H2,1-2H3;3-5H,1-2H3,(H,11,15);2-4H,1H3,(H,13,14);2-4H,1H3;2-4H,1H3,(H,10,11,13);1-3H,(H2,8,9);/q;;;;;;+1/p-1. The van der Waals surface area contributed by atoms with Crippen molar-refractivity contribution in [3.05, 3.63) is 163 Å². The van der Waals surface area contributed by atoms with E-state index >= 15 is 0 Å². The molecule has 2 amide bonds. The summed E-state index contributed by atoms with van der Waals surface area (Å²) in [5.74, 6) is 1.18. The Bertz CT molecular complexity index is 3870. The molecule has 10 rings (SSSR count). The van der Waals surface area contributed by atoms with Gasteiger partial charge in [0.2, 0.25) is 5.91 Å². The normalized spacial score (nSPS) is 9.95. The summed E-state index contributed by atoms with van der Waals surface area (Å²) in [7, 11) is 1.58. The monoisotopic (exact) mass is 1280 g/mol. The van der Waals surface area contributed by atoms with Crippen molar-refractivity contribution in [2.45, 2.75) is 41.5 Å². The fourth-order valence-electron chi connectivity index (χ4n) is 6.09. The van der Waals surface area contributed by atoms with Crippen LogP contribution in [0.2, 0.25) is 0 Å². The molecule has 0 saturated heterocycles. The number of nitrogens with two attached hydrogens (primary N) is 1. The van der Waals surface area contributed by atoms with E-state index in [1.54, 1.807) is 90.0 Å². The molecule has 4 N–H and O–H groups in total. The molecular weight excluding hydrogens is 1240 g/mol.